The SMILES string of the molecule is CC1(C(=O)O)CCCCN1C(=O)N1CCCNC(=O)C1. The second-order valence-electron chi connectivity index (χ2n) is 5.60. The Hall–Kier alpha value is -1.79. The van der Waals surface area contributed by atoms with Crippen molar-refractivity contribution < 1.29 is 19.5 Å². The second-order valence-corrected chi connectivity index (χ2v) is 5.60. The maximum Gasteiger partial charge on any atom is 0.329 e. The monoisotopic (exact) mass is 283 g/mol. The van der Waals surface area contributed by atoms with Crippen molar-refractivity contribution in [3.63, 3.8) is 0 Å². The summed E-state index contributed by atoms with van der Waals surface area (Å²) in [5.74, 6) is -1.17. The first-order chi connectivity index (χ1) is 9.45. The number of hydrogen-bond donors (Lipinski definition) is 2. The average molecular weight is 283 g/mol. The number of urea groups is 1. The van der Waals surface area contributed by atoms with E-state index >= 15 is 0 Å². The molecule has 1 unspecified atom stereocenters. The molecular formula is C13H21N3O4. The van der Waals surface area contributed by atoms with Crippen LogP contribution in [0.2, 0.25) is 0 Å². The molecule has 7 heteroatoms. The molecule has 2 N–H and O–H groups in total. The van der Waals surface area contributed by atoms with Gasteiger partial charge in [0.25, 0.3) is 0 Å². The van der Waals surface area contributed by atoms with E-state index < -0.39 is 11.5 Å². The number of carbonyl (C=O) groups excluding carboxylic acids is 2. The van der Waals surface area contributed by atoms with Crippen LogP contribution >= 0.6 is 0 Å². The molecule has 2 aliphatic heterocycles. The van der Waals surface area contributed by atoms with Crippen LogP contribution in [0.3, 0.4) is 0 Å². The van der Waals surface area contributed by atoms with Gasteiger partial charge in [0.15, 0.2) is 0 Å². The van der Waals surface area contributed by atoms with Crippen LogP contribution in [-0.2, 0) is 9.59 Å². The molecule has 3 amide bonds. The van der Waals surface area contributed by atoms with Crippen molar-refractivity contribution in [2.75, 3.05) is 26.2 Å². The summed E-state index contributed by atoms with van der Waals surface area (Å²) >= 11 is 0. The number of piperidine rings is 1. The van der Waals surface area contributed by atoms with Gasteiger partial charge in [-0.25, -0.2) is 9.59 Å². The first-order valence-electron chi connectivity index (χ1n) is 7.02. The molecule has 0 bridgehead atoms. The van der Waals surface area contributed by atoms with Crippen LogP contribution < -0.4 is 5.32 Å². The minimum atomic E-state index is -1.17. The van der Waals surface area contributed by atoms with Crippen LogP contribution in [0, 0.1) is 0 Å². The van der Waals surface area contributed by atoms with Crippen LogP contribution in [-0.4, -0.2) is 64.5 Å². The van der Waals surface area contributed by atoms with Crippen molar-refractivity contribution in [3.05, 3.63) is 0 Å². The molecule has 0 spiro atoms. The number of carbonyl (C=O) groups is 3. The summed E-state index contributed by atoms with van der Waals surface area (Å²) in [4.78, 5) is 38.5. The molecule has 0 aliphatic carbocycles. The summed E-state index contributed by atoms with van der Waals surface area (Å²) in [5, 5.41) is 12.1. The topological polar surface area (TPSA) is 89.9 Å². The number of carboxylic acid groups (broad SMARTS) is 1. The van der Waals surface area contributed by atoms with Gasteiger partial charge in [0.2, 0.25) is 5.91 Å². The van der Waals surface area contributed by atoms with Gasteiger partial charge in [-0.15, -0.1) is 0 Å². The molecule has 2 fully saturated rings. The van der Waals surface area contributed by atoms with Crippen molar-refractivity contribution in [1.29, 1.82) is 0 Å². The largest absolute Gasteiger partial charge is 0.480 e. The molecule has 2 saturated heterocycles. The van der Waals surface area contributed by atoms with Crippen LogP contribution in [0.5, 0.6) is 0 Å². The lowest BCUT2D eigenvalue weighted by Gasteiger charge is -2.43. The minimum Gasteiger partial charge on any atom is -0.480 e. The molecule has 1 atom stereocenters. The Balaban J connectivity index is 2.17. The fourth-order valence-electron chi connectivity index (χ4n) is 2.79. The molecule has 0 aromatic rings. The van der Waals surface area contributed by atoms with Crippen molar-refractivity contribution >= 4 is 17.9 Å². The fraction of sp³-hybridized carbons (Fsp3) is 0.769. The number of carboxylic acids is 1. The number of likely N-dealkylation sites (tertiary alicyclic amines) is 1. The van der Waals surface area contributed by atoms with Gasteiger partial charge >= 0.3 is 12.0 Å². The van der Waals surface area contributed by atoms with Crippen molar-refractivity contribution in [3.8, 4) is 0 Å². The minimum absolute atomic E-state index is 0.00499. The van der Waals surface area contributed by atoms with Crippen molar-refractivity contribution in [2.45, 2.75) is 38.1 Å². The molecule has 0 aromatic carbocycles. The van der Waals surface area contributed by atoms with E-state index in [2.05, 4.69) is 5.32 Å². The number of nitrogens with zero attached hydrogens (tertiary/aromatic N) is 2. The molecule has 20 heavy (non-hydrogen) atoms. The van der Waals surface area contributed by atoms with E-state index in [4.69, 9.17) is 0 Å². The highest BCUT2D eigenvalue weighted by atomic mass is 16.4. The van der Waals surface area contributed by atoms with E-state index in [-0.39, 0.29) is 18.5 Å². The van der Waals surface area contributed by atoms with Gasteiger partial charge in [-0.2, -0.15) is 0 Å². The number of hydrogen-bond acceptors (Lipinski definition) is 3. The molecule has 0 saturated carbocycles. The van der Waals surface area contributed by atoms with Crippen LogP contribution in [0.4, 0.5) is 4.79 Å². The Bertz CT molecular complexity index is 426. The molecule has 112 valence electrons. The van der Waals surface area contributed by atoms with E-state index in [1.807, 2.05) is 0 Å². The number of nitrogens with one attached hydrogen (secondary N) is 1. The van der Waals surface area contributed by atoms with Gasteiger partial charge in [0.05, 0.1) is 0 Å². The first-order valence-corrected chi connectivity index (χ1v) is 7.02. The lowest BCUT2D eigenvalue weighted by Crippen LogP contribution is -2.61. The Kier molecular flexibility index (Phi) is 4.15. The summed E-state index contributed by atoms with van der Waals surface area (Å²) < 4.78 is 0. The summed E-state index contributed by atoms with van der Waals surface area (Å²) in [6, 6.07) is -0.341. The van der Waals surface area contributed by atoms with Gasteiger partial charge in [-0.05, 0) is 32.6 Å². The number of rotatable bonds is 1. The lowest BCUT2D eigenvalue weighted by molar-refractivity contribution is -0.150. The zero-order chi connectivity index (χ0) is 14.8. The van der Waals surface area contributed by atoms with Gasteiger partial charge < -0.3 is 20.2 Å². The second kappa shape index (κ2) is 5.68. The molecule has 2 heterocycles. The van der Waals surface area contributed by atoms with Gasteiger partial charge in [0.1, 0.15) is 12.1 Å². The molecule has 0 aromatic heterocycles. The maximum atomic E-state index is 12.6. The zero-order valence-corrected chi connectivity index (χ0v) is 11.7. The maximum absolute atomic E-state index is 12.6. The van der Waals surface area contributed by atoms with Crippen LogP contribution in [0.1, 0.15) is 32.6 Å². The van der Waals surface area contributed by atoms with Gasteiger partial charge in [0, 0.05) is 19.6 Å². The quantitative estimate of drug-likeness (QED) is 0.722. The molecule has 0 radical (unpaired) electrons. The molecule has 2 rings (SSSR count). The Morgan fingerprint density at radius 3 is 2.70 bits per heavy atom. The van der Waals surface area contributed by atoms with Crippen molar-refractivity contribution in [1.82, 2.24) is 15.1 Å². The first kappa shape index (κ1) is 14.6. The third kappa shape index (κ3) is 2.71. The highest BCUT2D eigenvalue weighted by Gasteiger charge is 2.45. The fourth-order valence-corrected chi connectivity index (χ4v) is 2.79. The van der Waals surface area contributed by atoms with E-state index in [0.717, 1.165) is 12.8 Å². The summed E-state index contributed by atoms with van der Waals surface area (Å²) in [6.45, 7) is 3.05. The third-order valence-electron chi connectivity index (χ3n) is 4.11. The highest BCUT2D eigenvalue weighted by Crippen LogP contribution is 2.29. The van der Waals surface area contributed by atoms with E-state index in [9.17, 15) is 19.5 Å². The highest BCUT2D eigenvalue weighted by molar-refractivity contribution is 5.89. The predicted molar refractivity (Wildman–Crippen MR) is 71.2 cm³/mol. The molecule has 2 aliphatic rings. The summed E-state index contributed by atoms with van der Waals surface area (Å²) in [7, 11) is 0. The summed E-state index contributed by atoms with van der Waals surface area (Å²) in [5.41, 5.74) is -1.17. The standard InChI is InChI=1S/C13H21N3O4/c1-13(11(18)19)5-2-3-8-16(13)12(20)15-7-4-6-14-10(17)9-15/h2-9H2,1H3,(H,14,17)(H,18,19). The number of amides is 3. The zero-order valence-electron chi connectivity index (χ0n) is 11.7. The van der Waals surface area contributed by atoms with Crippen LogP contribution in [0.25, 0.3) is 0 Å². The van der Waals surface area contributed by atoms with Crippen molar-refractivity contribution in [2.24, 2.45) is 0 Å². The van der Waals surface area contributed by atoms with Crippen LogP contribution in [0.15, 0.2) is 0 Å². The average Bonchev–Trinajstić information content (AvgIpc) is 2.63. The third-order valence-corrected chi connectivity index (χ3v) is 4.11. The lowest BCUT2D eigenvalue weighted by atomic mass is 9.89. The Morgan fingerprint density at radius 2 is 2.00 bits per heavy atom. The van der Waals surface area contributed by atoms with E-state index in [1.165, 1.54) is 9.80 Å². The Labute approximate surface area is 117 Å². The summed E-state index contributed by atoms with van der Waals surface area (Å²) in [6.07, 6.45) is 2.74. The number of aliphatic carboxylic acids is 1. The normalized spacial score (nSPS) is 27.8. The molecular weight excluding hydrogens is 262 g/mol. The van der Waals surface area contributed by atoms with E-state index in [0.29, 0.717) is 32.5 Å². The Morgan fingerprint density at radius 1 is 1.25 bits per heavy atom. The van der Waals surface area contributed by atoms with E-state index in [1.54, 1.807) is 6.92 Å². The predicted octanol–water partition coefficient (Wildman–Crippen LogP) is 0.258. The smallest absolute Gasteiger partial charge is 0.329 e. The van der Waals surface area contributed by atoms with Gasteiger partial charge in [-0.1, -0.05) is 0 Å². The molecule has 7 nitrogen and oxygen atoms in total. The van der Waals surface area contributed by atoms with Gasteiger partial charge in [-0.3, -0.25) is 4.79 Å².